The second-order valence-corrected chi connectivity index (χ2v) is 4.77. The molecule has 0 fully saturated rings. The summed E-state index contributed by atoms with van der Waals surface area (Å²) in [6.45, 7) is 0.316. The third-order valence-electron chi connectivity index (χ3n) is 3.43. The molecule has 0 spiro atoms. The largest absolute Gasteiger partial charge is 0.489 e. The van der Waals surface area contributed by atoms with Crippen molar-refractivity contribution in [3.05, 3.63) is 59.2 Å². The minimum atomic E-state index is -0.346. The molecule has 98 valence electrons. The lowest BCUT2D eigenvalue weighted by Gasteiger charge is -2.11. The molecule has 4 heteroatoms. The average molecular weight is 258 g/mol. The van der Waals surface area contributed by atoms with Crippen LogP contribution in [0.3, 0.4) is 0 Å². The van der Waals surface area contributed by atoms with Gasteiger partial charge in [-0.15, -0.1) is 0 Å². The molecule has 1 aliphatic carbocycles. The molecule has 2 N–H and O–H groups in total. The van der Waals surface area contributed by atoms with Gasteiger partial charge in [-0.2, -0.15) is 0 Å². The SMILES string of the molecule is NC1CCc2c(OCc3cncc(F)c3)cccc21. The number of nitrogens with zero attached hydrogens (tertiary/aromatic N) is 1. The van der Waals surface area contributed by atoms with Crippen molar-refractivity contribution in [1.82, 2.24) is 4.98 Å². The topological polar surface area (TPSA) is 48.1 Å². The molecule has 0 saturated carbocycles. The molecule has 19 heavy (non-hydrogen) atoms. The highest BCUT2D eigenvalue weighted by atomic mass is 19.1. The van der Waals surface area contributed by atoms with Gasteiger partial charge in [0.05, 0.1) is 6.20 Å². The Kier molecular flexibility index (Phi) is 3.17. The zero-order valence-electron chi connectivity index (χ0n) is 10.5. The molecule has 3 rings (SSSR count). The highest BCUT2D eigenvalue weighted by molar-refractivity contribution is 5.45. The monoisotopic (exact) mass is 258 g/mol. The van der Waals surface area contributed by atoms with Crippen molar-refractivity contribution in [2.24, 2.45) is 5.73 Å². The number of halogens is 1. The van der Waals surface area contributed by atoms with Crippen LogP contribution >= 0.6 is 0 Å². The van der Waals surface area contributed by atoms with Crippen molar-refractivity contribution < 1.29 is 9.13 Å². The summed E-state index contributed by atoms with van der Waals surface area (Å²) in [5, 5.41) is 0. The van der Waals surface area contributed by atoms with Crippen LogP contribution in [0.5, 0.6) is 5.75 Å². The Morgan fingerprint density at radius 3 is 3.11 bits per heavy atom. The fraction of sp³-hybridized carbons (Fsp3) is 0.267. The Morgan fingerprint density at radius 2 is 2.26 bits per heavy atom. The zero-order chi connectivity index (χ0) is 13.2. The number of rotatable bonds is 3. The fourth-order valence-electron chi connectivity index (χ4n) is 2.48. The number of nitrogens with two attached hydrogens (primary N) is 1. The van der Waals surface area contributed by atoms with Crippen LogP contribution in [0.25, 0.3) is 0 Å². The van der Waals surface area contributed by atoms with Crippen LogP contribution in [0.15, 0.2) is 36.7 Å². The van der Waals surface area contributed by atoms with Crippen LogP contribution in [0.2, 0.25) is 0 Å². The molecule has 1 unspecified atom stereocenters. The van der Waals surface area contributed by atoms with Crippen molar-refractivity contribution in [1.29, 1.82) is 0 Å². The first kappa shape index (κ1) is 12.1. The molecule has 1 aromatic carbocycles. The van der Waals surface area contributed by atoms with Crippen LogP contribution in [0, 0.1) is 5.82 Å². The van der Waals surface area contributed by atoms with Gasteiger partial charge < -0.3 is 10.5 Å². The molecule has 1 atom stereocenters. The molecule has 0 saturated heterocycles. The second-order valence-electron chi connectivity index (χ2n) is 4.77. The highest BCUT2D eigenvalue weighted by Crippen LogP contribution is 2.35. The van der Waals surface area contributed by atoms with E-state index in [1.807, 2.05) is 18.2 Å². The van der Waals surface area contributed by atoms with E-state index < -0.39 is 0 Å². The second kappa shape index (κ2) is 4.97. The molecule has 0 amide bonds. The van der Waals surface area contributed by atoms with Gasteiger partial charge in [0, 0.05) is 17.8 Å². The molecule has 0 radical (unpaired) electrons. The molecular weight excluding hydrogens is 243 g/mol. The van der Waals surface area contributed by atoms with Gasteiger partial charge in [0.15, 0.2) is 0 Å². The van der Waals surface area contributed by atoms with Crippen molar-refractivity contribution >= 4 is 0 Å². The highest BCUT2D eigenvalue weighted by Gasteiger charge is 2.21. The van der Waals surface area contributed by atoms with E-state index in [-0.39, 0.29) is 11.9 Å². The predicted octanol–water partition coefficient (Wildman–Crippen LogP) is 2.75. The van der Waals surface area contributed by atoms with E-state index in [9.17, 15) is 4.39 Å². The van der Waals surface area contributed by atoms with Crippen LogP contribution in [0.4, 0.5) is 4.39 Å². The Bertz CT molecular complexity index is 600. The quantitative estimate of drug-likeness (QED) is 0.920. The number of benzene rings is 1. The van der Waals surface area contributed by atoms with Crippen LogP contribution in [-0.2, 0) is 13.0 Å². The van der Waals surface area contributed by atoms with Gasteiger partial charge in [0.2, 0.25) is 0 Å². The van der Waals surface area contributed by atoms with Crippen molar-refractivity contribution in [2.75, 3.05) is 0 Å². The number of pyridine rings is 1. The first-order valence-electron chi connectivity index (χ1n) is 6.33. The normalized spacial score (nSPS) is 17.3. The van der Waals surface area contributed by atoms with Crippen molar-refractivity contribution in [3.8, 4) is 5.75 Å². The van der Waals surface area contributed by atoms with E-state index in [0.29, 0.717) is 6.61 Å². The van der Waals surface area contributed by atoms with Gasteiger partial charge in [-0.1, -0.05) is 12.1 Å². The summed E-state index contributed by atoms with van der Waals surface area (Å²) < 4.78 is 18.8. The summed E-state index contributed by atoms with van der Waals surface area (Å²) in [6.07, 6.45) is 4.69. The maximum absolute atomic E-state index is 13.0. The molecule has 1 heterocycles. The fourth-order valence-corrected chi connectivity index (χ4v) is 2.48. The number of fused-ring (bicyclic) bond motifs is 1. The molecule has 2 aromatic rings. The zero-order valence-corrected chi connectivity index (χ0v) is 10.5. The predicted molar refractivity (Wildman–Crippen MR) is 70.2 cm³/mol. The van der Waals surface area contributed by atoms with Crippen LogP contribution in [-0.4, -0.2) is 4.98 Å². The minimum Gasteiger partial charge on any atom is -0.489 e. The van der Waals surface area contributed by atoms with Gasteiger partial charge in [0.25, 0.3) is 0 Å². The minimum absolute atomic E-state index is 0.106. The van der Waals surface area contributed by atoms with Gasteiger partial charge in [-0.05, 0) is 36.1 Å². The molecular formula is C15H15FN2O. The smallest absolute Gasteiger partial charge is 0.141 e. The van der Waals surface area contributed by atoms with Gasteiger partial charge in [-0.3, -0.25) is 4.98 Å². The standard InChI is InChI=1S/C15H15FN2O/c16-11-6-10(7-18-8-11)9-19-15-3-1-2-12-13(15)4-5-14(12)17/h1-3,6-8,14H,4-5,9,17H2. The Morgan fingerprint density at radius 1 is 1.37 bits per heavy atom. The Hall–Kier alpha value is -1.94. The van der Waals surface area contributed by atoms with Crippen molar-refractivity contribution in [2.45, 2.75) is 25.5 Å². The van der Waals surface area contributed by atoms with E-state index in [1.54, 1.807) is 6.20 Å². The first-order chi connectivity index (χ1) is 9.24. The third kappa shape index (κ3) is 2.44. The molecule has 0 aliphatic heterocycles. The van der Waals surface area contributed by atoms with E-state index in [4.69, 9.17) is 10.5 Å². The maximum atomic E-state index is 13.0. The summed E-state index contributed by atoms with van der Waals surface area (Å²) in [6, 6.07) is 7.47. The summed E-state index contributed by atoms with van der Waals surface area (Å²) in [5.74, 6) is 0.496. The third-order valence-corrected chi connectivity index (χ3v) is 3.43. The van der Waals surface area contributed by atoms with Gasteiger partial charge in [0.1, 0.15) is 18.2 Å². The molecule has 1 aliphatic rings. The summed E-state index contributed by atoms with van der Waals surface area (Å²) in [7, 11) is 0. The first-order valence-corrected chi connectivity index (χ1v) is 6.33. The summed E-state index contributed by atoms with van der Waals surface area (Å²) in [4.78, 5) is 3.81. The lowest BCUT2D eigenvalue weighted by molar-refractivity contribution is 0.302. The van der Waals surface area contributed by atoms with E-state index in [2.05, 4.69) is 4.98 Å². The lowest BCUT2D eigenvalue weighted by atomic mass is 10.1. The molecule has 3 nitrogen and oxygen atoms in total. The Balaban J connectivity index is 1.78. The number of ether oxygens (including phenoxy) is 1. The lowest BCUT2D eigenvalue weighted by Crippen LogP contribution is -2.05. The van der Waals surface area contributed by atoms with Crippen LogP contribution in [0.1, 0.15) is 29.2 Å². The Labute approximate surface area is 111 Å². The van der Waals surface area contributed by atoms with E-state index in [0.717, 1.165) is 29.7 Å². The number of aromatic nitrogens is 1. The van der Waals surface area contributed by atoms with Crippen LogP contribution < -0.4 is 10.5 Å². The van der Waals surface area contributed by atoms with E-state index in [1.165, 1.54) is 17.8 Å². The average Bonchev–Trinajstić information content (AvgIpc) is 2.79. The van der Waals surface area contributed by atoms with E-state index >= 15 is 0 Å². The van der Waals surface area contributed by atoms with Crippen molar-refractivity contribution in [3.63, 3.8) is 0 Å². The summed E-state index contributed by atoms with van der Waals surface area (Å²) in [5.41, 5.74) is 9.09. The number of hydrogen-bond acceptors (Lipinski definition) is 3. The molecule has 0 bridgehead atoms. The number of hydrogen-bond donors (Lipinski definition) is 1. The molecule has 1 aromatic heterocycles. The van der Waals surface area contributed by atoms with Gasteiger partial charge in [-0.25, -0.2) is 4.39 Å². The van der Waals surface area contributed by atoms with Gasteiger partial charge >= 0.3 is 0 Å². The summed E-state index contributed by atoms with van der Waals surface area (Å²) >= 11 is 0. The maximum Gasteiger partial charge on any atom is 0.141 e.